The van der Waals surface area contributed by atoms with Gasteiger partial charge in [-0.05, 0) is 12.5 Å². The van der Waals surface area contributed by atoms with Gasteiger partial charge in [0.25, 0.3) is 0 Å². The summed E-state index contributed by atoms with van der Waals surface area (Å²) in [6, 6.07) is 5.57. The highest BCUT2D eigenvalue weighted by Crippen LogP contribution is 2.29. The van der Waals surface area contributed by atoms with Crippen molar-refractivity contribution >= 4 is 17.3 Å². The molecule has 1 N–H and O–H groups in total. The van der Waals surface area contributed by atoms with E-state index in [0.29, 0.717) is 5.02 Å². The Morgan fingerprint density at radius 1 is 1.44 bits per heavy atom. The molecule has 90 valence electrons. The third-order valence-electron chi connectivity index (χ3n) is 2.46. The average molecular weight is 244 g/mol. The molecule has 1 rings (SSSR count). The second-order valence-electron chi connectivity index (χ2n) is 3.67. The van der Waals surface area contributed by atoms with Crippen molar-refractivity contribution in [2.75, 3.05) is 32.2 Å². The minimum Gasteiger partial charge on any atom is -0.392 e. The smallest absolute Gasteiger partial charge is 0.0702 e. The number of halogens is 1. The molecule has 1 aromatic carbocycles. The molecule has 0 aliphatic rings. The number of rotatable bonds is 6. The summed E-state index contributed by atoms with van der Waals surface area (Å²) in [5.41, 5.74) is 1.76. The molecule has 0 radical (unpaired) electrons. The highest BCUT2D eigenvalue weighted by molar-refractivity contribution is 6.33. The molecule has 0 atom stereocenters. The number of para-hydroxylation sites is 1. The Balaban J connectivity index is 2.76. The second-order valence-corrected chi connectivity index (χ2v) is 4.08. The average Bonchev–Trinajstić information content (AvgIpc) is 2.28. The monoisotopic (exact) mass is 243 g/mol. The second kappa shape index (κ2) is 6.74. The van der Waals surface area contributed by atoms with Crippen LogP contribution in [0.25, 0.3) is 0 Å². The predicted octanol–water partition coefficient (Wildman–Crippen LogP) is 2.31. The number of benzene rings is 1. The first-order valence-corrected chi connectivity index (χ1v) is 5.66. The van der Waals surface area contributed by atoms with Crippen molar-refractivity contribution in [1.82, 2.24) is 0 Å². The standard InChI is InChI=1S/C12H18ClNO2/c1-14(7-4-8-16-2)12-10(9-15)5-3-6-11(12)13/h3,5-6,15H,4,7-9H2,1-2H3. The Morgan fingerprint density at radius 3 is 2.81 bits per heavy atom. The zero-order valence-electron chi connectivity index (χ0n) is 9.74. The maximum absolute atomic E-state index is 9.25. The number of ether oxygens (including phenoxy) is 1. The third kappa shape index (κ3) is 3.37. The maximum Gasteiger partial charge on any atom is 0.0702 e. The molecular weight excluding hydrogens is 226 g/mol. The molecule has 0 aromatic heterocycles. The summed E-state index contributed by atoms with van der Waals surface area (Å²) in [7, 11) is 3.66. The topological polar surface area (TPSA) is 32.7 Å². The molecular formula is C12H18ClNO2. The molecule has 0 unspecified atom stereocenters. The van der Waals surface area contributed by atoms with Crippen LogP contribution >= 0.6 is 11.6 Å². The van der Waals surface area contributed by atoms with Crippen molar-refractivity contribution in [1.29, 1.82) is 0 Å². The number of anilines is 1. The Bertz CT molecular complexity index is 331. The van der Waals surface area contributed by atoms with Gasteiger partial charge in [0.15, 0.2) is 0 Å². The minimum atomic E-state index is 0.00448. The van der Waals surface area contributed by atoms with Crippen molar-refractivity contribution in [2.45, 2.75) is 13.0 Å². The van der Waals surface area contributed by atoms with Crippen molar-refractivity contribution in [3.8, 4) is 0 Å². The molecule has 0 bridgehead atoms. The van der Waals surface area contributed by atoms with Crippen LogP contribution in [-0.4, -0.2) is 32.4 Å². The van der Waals surface area contributed by atoms with Gasteiger partial charge in [-0.1, -0.05) is 23.7 Å². The van der Waals surface area contributed by atoms with E-state index >= 15 is 0 Å². The molecule has 0 spiro atoms. The molecule has 16 heavy (non-hydrogen) atoms. The molecule has 0 saturated carbocycles. The van der Waals surface area contributed by atoms with Crippen LogP contribution in [0.5, 0.6) is 0 Å². The van der Waals surface area contributed by atoms with Crippen LogP contribution in [0, 0.1) is 0 Å². The molecule has 0 aliphatic heterocycles. The Labute approximate surface area is 102 Å². The largest absolute Gasteiger partial charge is 0.392 e. The van der Waals surface area contributed by atoms with E-state index in [2.05, 4.69) is 0 Å². The molecule has 0 aliphatic carbocycles. The fourth-order valence-electron chi connectivity index (χ4n) is 1.67. The number of hydrogen-bond donors (Lipinski definition) is 1. The molecule has 4 heteroatoms. The summed E-state index contributed by atoms with van der Waals surface area (Å²) in [5, 5.41) is 9.93. The zero-order chi connectivity index (χ0) is 12.0. The highest BCUT2D eigenvalue weighted by Gasteiger charge is 2.10. The number of methoxy groups -OCH3 is 1. The zero-order valence-corrected chi connectivity index (χ0v) is 10.5. The van der Waals surface area contributed by atoms with Crippen molar-refractivity contribution in [2.24, 2.45) is 0 Å². The lowest BCUT2D eigenvalue weighted by molar-refractivity contribution is 0.196. The lowest BCUT2D eigenvalue weighted by Gasteiger charge is -2.23. The van der Waals surface area contributed by atoms with Gasteiger partial charge in [-0.15, -0.1) is 0 Å². The van der Waals surface area contributed by atoms with E-state index < -0.39 is 0 Å². The third-order valence-corrected chi connectivity index (χ3v) is 2.77. The maximum atomic E-state index is 9.25. The predicted molar refractivity (Wildman–Crippen MR) is 67.1 cm³/mol. The molecule has 0 heterocycles. The summed E-state index contributed by atoms with van der Waals surface area (Å²) < 4.78 is 5.01. The lowest BCUT2D eigenvalue weighted by atomic mass is 10.1. The summed E-state index contributed by atoms with van der Waals surface area (Å²) >= 11 is 6.13. The Morgan fingerprint density at radius 2 is 2.19 bits per heavy atom. The molecule has 0 fully saturated rings. The first-order valence-electron chi connectivity index (χ1n) is 5.29. The van der Waals surface area contributed by atoms with Crippen molar-refractivity contribution in [3.05, 3.63) is 28.8 Å². The van der Waals surface area contributed by atoms with Gasteiger partial charge in [0.05, 0.1) is 17.3 Å². The van der Waals surface area contributed by atoms with Crippen LogP contribution in [0.1, 0.15) is 12.0 Å². The van der Waals surface area contributed by atoms with E-state index in [4.69, 9.17) is 16.3 Å². The van der Waals surface area contributed by atoms with E-state index in [-0.39, 0.29) is 6.61 Å². The molecule has 0 saturated heterocycles. The highest BCUT2D eigenvalue weighted by atomic mass is 35.5. The lowest BCUT2D eigenvalue weighted by Crippen LogP contribution is -2.21. The number of hydrogen-bond acceptors (Lipinski definition) is 3. The van der Waals surface area contributed by atoms with Gasteiger partial charge in [-0.25, -0.2) is 0 Å². The van der Waals surface area contributed by atoms with Crippen molar-refractivity contribution < 1.29 is 9.84 Å². The SMILES string of the molecule is COCCCN(C)c1c(Cl)cccc1CO. The first-order chi connectivity index (χ1) is 7.70. The first kappa shape index (κ1) is 13.3. The number of aliphatic hydroxyl groups is 1. The summed E-state index contributed by atoms with van der Waals surface area (Å²) in [4.78, 5) is 2.05. The van der Waals surface area contributed by atoms with Gasteiger partial charge in [0.1, 0.15) is 0 Å². The van der Waals surface area contributed by atoms with Crippen LogP contribution in [0.2, 0.25) is 5.02 Å². The quantitative estimate of drug-likeness (QED) is 0.779. The fraction of sp³-hybridized carbons (Fsp3) is 0.500. The van der Waals surface area contributed by atoms with E-state index in [1.807, 2.05) is 30.1 Å². The molecule has 0 amide bonds. The van der Waals surface area contributed by atoms with Crippen LogP contribution < -0.4 is 4.90 Å². The fourth-order valence-corrected chi connectivity index (χ4v) is 2.01. The van der Waals surface area contributed by atoms with Gasteiger partial charge >= 0.3 is 0 Å². The normalized spacial score (nSPS) is 10.5. The number of nitrogens with zero attached hydrogens (tertiary/aromatic N) is 1. The van der Waals surface area contributed by atoms with E-state index in [0.717, 1.165) is 30.8 Å². The summed E-state index contributed by atoms with van der Waals surface area (Å²) in [5.74, 6) is 0. The van der Waals surface area contributed by atoms with E-state index in [9.17, 15) is 5.11 Å². The molecule has 3 nitrogen and oxygen atoms in total. The van der Waals surface area contributed by atoms with Gasteiger partial charge in [0.2, 0.25) is 0 Å². The van der Waals surface area contributed by atoms with E-state index in [1.165, 1.54) is 0 Å². The van der Waals surface area contributed by atoms with Crippen LogP contribution in [0.4, 0.5) is 5.69 Å². The van der Waals surface area contributed by atoms with Gasteiger partial charge in [-0.2, -0.15) is 0 Å². The minimum absolute atomic E-state index is 0.00448. The van der Waals surface area contributed by atoms with Crippen LogP contribution in [0.15, 0.2) is 18.2 Å². The van der Waals surface area contributed by atoms with E-state index in [1.54, 1.807) is 7.11 Å². The van der Waals surface area contributed by atoms with Gasteiger partial charge in [0, 0.05) is 32.9 Å². The molecule has 1 aromatic rings. The van der Waals surface area contributed by atoms with Gasteiger partial charge < -0.3 is 14.7 Å². The van der Waals surface area contributed by atoms with Gasteiger partial charge in [-0.3, -0.25) is 0 Å². The van der Waals surface area contributed by atoms with Crippen molar-refractivity contribution in [3.63, 3.8) is 0 Å². The Kier molecular flexibility index (Phi) is 5.60. The Hall–Kier alpha value is -0.770. The van der Waals surface area contributed by atoms with Crippen LogP contribution in [-0.2, 0) is 11.3 Å². The summed E-state index contributed by atoms with van der Waals surface area (Å²) in [6.45, 7) is 1.58. The van der Waals surface area contributed by atoms with Crippen LogP contribution in [0.3, 0.4) is 0 Å². The number of aliphatic hydroxyl groups excluding tert-OH is 1. The summed E-state index contributed by atoms with van der Waals surface area (Å²) in [6.07, 6.45) is 0.934.